The lowest BCUT2D eigenvalue weighted by molar-refractivity contribution is -0.122. The molecule has 2 N–H and O–H groups in total. The van der Waals surface area contributed by atoms with Gasteiger partial charge >= 0.3 is 0 Å². The molecule has 0 aromatic rings. The highest BCUT2D eigenvalue weighted by Crippen LogP contribution is 2.19. The van der Waals surface area contributed by atoms with E-state index in [2.05, 4.69) is 15.4 Å². The molecule has 1 unspecified atom stereocenters. The van der Waals surface area contributed by atoms with Crippen LogP contribution in [-0.4, -0.2) is 47.4 Å². The zero-order valence-corrected chi connectivity index (χ0v) is 9.65. The monoisotopic (exact) mass is 225 g/mol. The molecule has 2 rings (SSSR count). The molecule has 1 amide bonds. The van der Waals surface area contributed by atoms with Gasteiger partial charge in [-0.2, -0.15) is 0 Å². The molecule has 2 aliphatic rings. The summed E-state index contributed by atoms with van der Waals surface area (Å²) in [5, 5.41) is 15.0. The fraction of sp³-hybridized carbons (Fsp3) is 0.818. The van der Waals surface area contributed by atoms with Crippen LogP contribution in [0.3, 0.4) is 0 Å². The van der Waals surface area contributed by atoms with Crippen molar-refractivity contribution in [1.82, 2.24) is 10.2 Å². The number of hydrogen-bond donors (Lipinski definition) is 2. The molecule has 0 radical (unpaired) electrons. The summed E-state index contributed by atoms with van der Waals surface area (Å²) in [5.41, 5.74) is 0.846. The van der Waals surface area contributed by atoms with Gasteiger partial charge in [0.15, 0.2) is 0 Å². The van der Waals surface area contributed by atoms with Gasteiger partial charge in [0.1, 0.15) is 0 Å². The molecular weight excluding hydrogens is 206 g/mol. The molecule has 16 heavy (non-hydrogen) atoms. The predicted octanol–water partition coefficient (Wildman–Crippen LogP) is 0.437. The predicted molar refractivity (Wildman–Crippen MR) is 60.6 cm³/mol. The molecule has 1 atom stereocenters. The summed E-state index contributed by atoms with van der Waals surface area (Å²) in [5.74, 6) is 0.367. The third kappa shape index (κ3) is 2.95. The fourth-order valence-corrected chi connectivity index (χ4v) is 2.10. The van der Waals surface area contributed by atoms with Gasteiger partial charge < -0.3 is 10.5 Å². The second-order valence-corrected chi connectivity index (χ2v) is 4.82. The molecule has 1 aliphatic carbocycles. The van der Waals surface area contributed by atoms with Crippen LogP contribution in [0.25, 0.3) is 0 Å². The van der Waals surface area contributed by atoms with Gasteiger partial charge in [-0.25, -0.2) is 0 Å². The Morgan fingerprint density at radius 3 is 2.94 bits per heavy atom. The SMILES string of the molecule is CC1CN(CC(=O)NC2CC2)CCC1=NO. The summed E-state index contributed by atoms with van der Waals surface area (Å²) in [6, 6.07) is 0.435. The second-order valence-electron chi connectivity index (χ2n) is 4.82. The summed E-state index contributed by atoms with van der Waals surface area (Å²) >= 11 is 0. The van der Waals surface area contributed by atoms with Crippen molar-refractivity contribution in [3.8, 4) is 0 Å². The maximum atomic E-state index is 11.6. The number of rotatable bonds is 3. The van der Waals surface area contributed by atoms with E-state index in [0.29, 0.717) is 12.6 Å². The van der Waals surface area contributed by atoms with Gasteiger partial charge in [0, 0.05) is 31.5 Å². The van der Waals surface area contributed by atoms with Crippen molar-refractivity contribution in [2.75, 3.05) is 19.6 Å². The van der Waals surface area contributed by atoms with Crippen LogP contribution < -0.4 is 5.32 Å². The molecule has 0 bridgehead atoms. The Morgan fingerprint density at radius 2 is 2.38 bits per heavy atom. The average molecular weight is 225 g/mol. The number of carbonyl (C=O) groups is 1. The van der Waals surface area contributed by atoms with Gasteiger partial charge in [-0.1, -0.05) is 12.1 Å². The Kier molecular flexibility index (Phi) is 3.43. The van der Waals surface area contributed by atoms with Crippen LogP contribution >= 0.6 is 0 Å². The Labute approximate surface area is 95.5 Å². The molecule has 1 aliphatic heterocycles. The highest BCUT2D eigenvalue weighted by atomic mass is 16.4. The first-order chi connectivity index (χ1) is 7.69. The normalized spacial score (nSPS) is 29.3. The molecule has 1 saturated carbocycles. The molecule has 1 saturated heterocycles. The summed E-state index contributed by atoms with van der Waals surface area (Å²) < 4.78 is 0. The minimum absolute atomic E-state index is 0.124. The molecule has 2 fully saturated rings. The molecule has 5 nitrogen and oxygen atoms in total. The number of carbonyl (C=O) groups excluding carboxylic acids is 1. The summed E-state index contributed by atoms with van der Waals surface area (Å²) in [4.78, 5) is 13.7. The minimum atomic E-state index is 0.124. The number of nitrogens with one attached hydrogen (secondary N) is 1. The van der Waals surface area contributed by atoms with E-state index in [1.165, 1.54) is 0 Å². The fourth-order valence-electron chi connectivity index (χ4n) is 2.10. The van der Waals surface area contributed by atoms with Crippen molar-refractivity contribution < 1.29 is 10.0 Å². The lowest BCUT2D eigenvalue weighted by atomic mass is 9.98. The van der Waals surface area contributed by atoms with Crippen LogP contribution in [0.15, 0.2) is 5.16 Å². The van der Waals surface area contributed by atoms with E-state index < -0.39 is 0 Å². The van der Waals surface area contributed by atoms with Crippen molar-refractivity contribution in [3.63, 3.8) is 0 Å². The van der Waals surface area contributed by atoms with E-state index >= 15 is 0 Å². The van der Waals surface area contributed by atoms with Gasteiger partial charge in [0.2, 0.25) is 5.91 Å². The molecular formula is C11H19N3O2. The van der Waals surface area contributed by atoms with E-state index in [9.17, 15) is 4.79 Å². The largest absolute Gasteiger partial charge is 0.411 e. The van der Waals surface area contributed by atoms with Crippen LogP contribution in [0.5, 0.6) is 0 Å². The summed E-state index contributed by atoms with van der Waals surface area (Å²) in [6.45, 7) is 4.11. The number of nitrogens with zero attached hydrogens (tertiary/aromatic N) is 2. The first-order valence-electron chi connectivity index (χ1n) is 5.91. The Balaban J connectivity index is 1.76. The van der Waals surface area contributed by atoms with Crippen molar-refractivity contribution >= 4 is 11.6 Å². The van der Waals surface area contributed by atoms with Gasteiger partial charge in [0.05, 0.1) is 12.3 Å². The van der Waals surface area contributed by atoms with E-state index in [0.717, 1.165) is 38.1 Å². The van der Waals surface area contributed by atoms with Gasteiger partial charge in [-0.3, -0.25) is 9.69 Å². The summed E-state index contributed by atoms with van der Waals surface area (Å²) in [7, 11) is 0. The zero-order valence-electron chi connectivity index (χ0n) is 9.65. The standard InChI is InChI=1S/C11H19N3O2/c1-8-6-14(5-4-10(8)13-16)7-11(15)12-9-2-3-9/h8-9,16H,2-7H2,1H3,(H,12,15). The van der Waals surface area contributed by atoms with Crippen LogP contribution in [-0.2, 0) is 4.79 Å². The van der Waals surface area contributed by atoms with Crippen molar-refractivity contribution in [2.24, 2.45) is 11.1 Å². The number of amides is 1. The van der Waals surface area contributed by atoms with Crippen molar-refractivity contribution in [2.45, 2.75) is 32.2 Å². The smallest absolute Gasteiger partial charge is 0.234 e. The molecule has 5 heteroatoms. The van der Waals surface area contributed by atoms with Crippen LogP contribution in [0.2, 0.25) is 0 Å². The highest BCUT2D eigenvalue weighted by molar-refractivity contribution is 5.87. The first-order valence-corrected chi connectivity index (χ1v) is 5.91. The van der Waals surface area contributed by atoms with Crippen LogP contribution in [0.4, 0.5) is 0 Å². The second kappa shape index (κ2) is 4.82. The van der Waals surface area contributed by atoms with Crippen LogP contribution in [0, 0.1) is 5.92 Å². The maximum Gasteiger partial charge on any atom is 0.234 e. The van der Waals surface area contributed by atoms with Gasteiger partial charge in [-0.15, -0.1) is 0 Å². The van der Waals surface area contributed by atoms with Crippen molar-refractivity contribution in [3.05, 3.63) is 0 Å². The Bertz CT molecular complexity index is 300. The molecule has 0 spiro atoms. The number of hydrogen-bond acceptors (Lipinski definition) is 4. The Hall–Kier alpha value is -1.10. The number of likely N-dealkylation sites (tertiary alicyclic amines) is 1. The number of oxime groups is 1. The first kappa shape index (κ1) is 11.4. The average Bonchev–Trinajstić information content (AvgIpc) is 3.01. The van der Waals surface area contributed by atoms with Gasteiger partial charge in [0.25, 0.3) is 0 Å². The third-order valence-electron chi connectivity index (χ3n) is 3.22. The molecule has 90 valence electrons. The summed E-state index contributed by atoms with van der Waals surface area (Å²) in [6.07, 6.45) is 3.02. The van der Waals surface area contributed by atoms with E-state index in [-0.39, 0.29) is 11.8 Å². The molecule has 0 aromatic heterocycles. The topological polar surface area (TPSA) is 64.9 Å². The van der Waals surface area contributed by atoms with E-state index in [1.54, 1.807) is 0 Å². The van der Waals surface area contributed by atoms with Crippen LogP contribution in [0.1, 0.15) is 26.2 Å². The highest BCUT2D eigenvalue weighted by Gasteiger charge is 2.27. The van der Waals surface area contributed by atoms with Gasteiger partial charge in [-0.05, 0) is 12.8 Å². The molecule has 0 aromatic carbocycles. The van der Waals surface area contributed by atoms with E-state index in [4.69, 9.17) is 5.21 Å². The number of piperidine rings is 1. The Morgan fingerprint density at radius 1 is 1.62 bits per heavy atom. The van der Waals surface area contributed by atoms with E-state index in [1.807, 2.05) is 6.92 Å². The lowest BCUT2D eigenvalue weighted by Crippen LogP contribution is -2.45. The minimum Gasteiger partial charge on any atom is -0.411 e. The lowest BCUT2D eigenvalue weighted by Gasteiger charge is -2.30. The maximum absolute atomic E-state index is 11.6. The quantitative estimate of drug-likeness (QED) is 0.541. The zero-order chi connectivity index (χ0) is 11.5. The van der Waals surface area contributed by atoms with Crippen molar-refractivity contribution in [1.29, 1.82) is 0 Å². The molecule has 1 heterocycles. The third-order valence-corrected chi connectivity index (χ3v) is 3.22.